The van der Waals surface area contributed by atoms with E-state index in [1.807, 2.05) is 76.2 Å². The molecule has 0 atom stereocenters. The predicted molar refractivity (Wildman–Crippen MR) is 120 cm³/mol. The molecule has 0 bridgehead atoms. The van der Waals surface area contributed by atoms with Crippen molar-refractivity contribution in [2.24, 2.45) is 0 Å². The molecule has 1 amide bonds. The summed E-state index contributed by atoms with van der Waals surface area (Å²) in [6.07, 6.45) is 2.66. The van der Waals surface area contributed by atoms with Crippen molar-refractivity contribution < 1.29 is 13.2 Å². The molecule has 0 spiro atoms. The fourth-order valence-electron chi connectivity index (χ4n) is 3.44. The first-order valence-corrected chi connectivity index (χ1v) is 11.7. The smallest absolute Gasteiger partial charge is 0.232 e. The molecule has 2 aromatic rings. The summed E-state index contributed by atoms with van der Waals surface area (Å²) in [6.45, 7) is 8.15. The Bertz CT molecular complexity index is 938. The number of benzene rings is 2. The van der Waals surface area contributed by atoms with Crippen molar-refractivity contribution >= 4 is 21.6 Å². The van der Waals surface area contributed by atoms with E-state index < -0.39 is 10.0 Å². The zero-order valence-corrected chi connectivity index (χ0v) is 18.8. The average molecular weight is 417 g/mol. The summed E-state index contributed by atoms with van der Waals surface area (Å²) in [5, 5.41) is 3.07. The molecule has 158 valence electrons. The lowest BCUT2D eigenvalue weighted by Gasteiger charge is -2.27. The lowest BCUT2D eigenvalue weighted by atomic mass is 9.94. The van der Waals surface area contributed by atoms with Crippen LogP contribution in [0.1, 0.15) is 43.4 Å². The molecule has 0 aliphatic rings. The molecule has 5 nitrogen and oxygen atoms in total. The van der Waals surface area contributed by atoms with Crippen molar-refractivity contribution in [3.63, 3.8) is 0 Å². The summed E-state index contributed by atoms with van der Waals surface area (Å²) in [5.74, 6) is -0.0691. The summed E-state index contributed by atoms with van der Waals surface area (Å²) >= 11 is 0. The van der Waals surface area contributed by atoms with Gasteiger partial charge in [-0.2, -0.15) is 0 Å². The van der Waals surface area contributed by atoms with Crippen LogP contribution in [-0.4, -0.2) is 32.7 Å². The SMILES string of the molecule is Cc1cccc(N(CCCC(=O)NC(C)(C)Cc2ccccc2)S(C)(=O)=O)c1C. The largest absolute Gasteiger partial charge is 0.351 e. The number of sulfonamides is 1. The number of carbonyl (C=O) groups is 1. The van der Waals surface area contributed by atoms with Crippen LogP contribution < -0.4 is 9.62 Å². The second kappa shape index (κ2) is 9.44. The molecule has 2 rings (SSSR count). The molecule has 0 unspecified atom stereocenters. The van der Waals surface area contributed by atoms with Crippen LogP contribution in [0.25, 0.3) is 0 Å². The van der Waals surface area contributed by atoms with E-state index in [1.165, 1.54) is 10.6 Å². The minimum Gasteiger partial charge on any atom is -0.351 e. The minimum atomic E-state index is -3.43. The van der Waals surface area contributed by atoms with Gasteiger partial charge in [0, 0.05) is 18.5 Å². The number of nitrogens with zero attached hydrogens (tertiary/aromatic N) is 1. The molecule has 0 heterocycles. The van der Waals surface area contributed by atoms with Gasteiger partial charge in [0.1, 0.15) is 0 Å². The number of carbonyl (C=O) groups excluding carboxylic acids is 1. The van der Waals surface area contributed by atoms with Crippen LogP contribution in [-0.2, 0) is 21.2 Å². The van der Waals surface area contributed by atoms with E-state index in [4.69, 9.17) is 0 Å². The maximum atomic E-state index is 12.5. The Morgan fingerprint density at radius 1 is 1.03 bits per heavy atom. The maximum absolute atomic E-state index is 12.5. The molecule has 0 aromatic heterocycles. The second-order valence-corrected chi connectivity index (χ2v) is 10.2. The molecule has 0 saturated heterocycles. The molecule has 0 radical (unpaired) electrons. The third-order valence-electron chi connectivity index (χ3n) is 4.98. The van der Waals surface area contributed by atoms with Gasteiger partial charge in [0.15, 0.2) is 0 Å². The Morgan fingerprint density at radius 3 is 2.31 bits per heavy atom. The highest BCUT2D eigenvalue weighted by molar-refractivity contribution is 7.92. The normalized spacial score (nSPS) is 11.9. The van der Waals surface area contributed by atoms with Gasteiger partial charge in [-0.1, -0.05) is 42.5 Å². The fraction of sp³-hybridized carbons (Fsp3) is 0.435. The van der Waals surface area contributed by atoms with E-state index in [-0.39, 0.29) is 24.4 Å². The van der Waals surface area contributed by atoms with E-state index >= 15 is 0 Å². The van der Waals surface area contributed by atoms with Crippen molar-refractivity contribution in [3.8, 4) is 0 Å². The van der Waals surface area contributed by atoms with Crippen LogP contribution in [0.15, 0.2) is 48.5 Å². The number of amides is 1. The maximum Gasteiger partial charge on any atom is 0.232 e. The Balaban J connectivity index is 1.97. The Kier molecular flexibility index (Phi) is 7.47. The Hall–Kier alpha value is -2.34. The number of hydrogen-bond acceptors (Lipinski definition) is 3. The predicted octanol–water partition coefficient (Wildman–Crippen LogP) is 3.99. The van der Waals surface area contributed by atoms with Gasteiger partial charge in [-0.15, -0.1) is 0 Å². The topological polar surface area (TPSA) is 66.5 Å². The third-order valence-corrected chi connectivity index (χ3v) is 6.16. The van der Waals surface area contributed by atoms with Gasteiger partial charge in [0.2, 0.25) is 15.9 Å². The lowest BCUT2D eigenvalue weighted by Crippen LogP contribution is -2.45. The molecule has 2 aromatic carbocycles. The average Bonchev–Trinajstić information content (AvgIpc) is 2.60. The van der Waals surface area contributed by atoms with Gasteiger partial charge in [-0.05, 0) is 63.3 Å². The molecule has 0 aliphatic heterocycles. The first-order valence-electron chi connectivity index (χ1n) is 9.88. The molecule has 0 saturated carbocycles. The van der Waals surface area contributed by atoms with E-state index in [2.05, 4.69) is 5.32 Å². The molecule has 6 heteroatoms. The first-order chi connectivity index (χ1) is 13.5. The zero-order valence-electron chi connectivity index (χ0n) is 18.0. The number of hydrogen-bond donors (Lipinski definition) is 1. The summed E-state index contributed by atoms with van der Waals surface area (Å²) in [4.78, 5) is 12.5. The van der Waals surface area contributed by atoms with E-state index in [0.29, 0.717) is 12.1 Å². The minimum absolute atomic E-state index is 0.0691. The van der Waals surface area contributed by atoms with Crippen LogP contribution in [0.5, 0.6) is 0 Å². The summed E-state index contributed by atoms with van der Waals surface area (Å²) in [7, 11) is -3.43. The number of nitrogens with one attached hydrogen (secondary N) is 1. The van der Waals surface area contributed by atoms with Crippen LogP contribution in [0, 0.1) is 13.8 Å². The summed E-state index contributed by atoms with van der Waals surface area (Å²) in [5.41, 5.74) is 3.44. The van der Waals surface area contributed by atoms with Crippen molar-refractivity contribution in [1.82, 2.24) is 5.32 Å². The van der Waals surface area contributed by atoms with Gasteiger partial charge < -0.3 is 5.32 Å². The molecule has 0 fully saturated rings. The monoisotopic (exact) mass is 416 g/mol. The fourth-order valence-corrected chi connectivity index (χ4v) is 4.46. The number of rotatable bonds is 9. The molecule has 1 N–H and O–H groups in total. The van der Waals surface area contributed by atoms with Gasteiger partial charge in [-0.25, -0.2) is 8.42 Å². The van der Waals surface area contributed by atoms with Gasteiger partial charge >= 0.3 is 0 Å². The van der Waals surface area contributed by atoms with Crippen molar-refractivity contribution in [1.29, 1.82) is 0 Å². The highest BCUT2D eigenvalue weighted by Gasteiger charge is 2.23. The van der Waals surface area contributed by atoms with Crippen LogP contribution in [0.3, 0.4) is 0 Å². The third kappa shape index (κ3) is 6.89. The van der Waals surface area contributed by atoms with E-state index in [1.54, 1.807) is 0 Å². The lowest BCUT2D eigenvalue weighted by molar-refractivity contribution is -0.122. The van der Waals surface area contributed by atoms with E-state index in [9.17, 15) is 13.2 Å². The molecule has 0 aliphatic carbocycles. The zero-order chi connectivity index (χ0) is 21.7. The van der Waals surface area contributed by atoms with Crippen LogP contribution in [0.2, 0.25) is 0 Å². The van der Waals surface area contributed by atoms with Crippen molar-refractivity contribution in [2.45, 2.75) is 52.5 Å². The van der Waals surface area contributed by atoms with Gasteiger partial charge in [-0.3, -0.25) is 9.10 Å². The molecular weight excluding hydrogens is 384 g/mol. The van der Waals surface area contributed by atoms with Crippen molar-refractivity contribution in [3.05, 3.63) is 65.2 Å². The van der Waals surface area contributed by atoms with Crippen LogP contribution in [0.4, 0.5) is 5.69 Å². The Morgan fingerprint density at radius 2 is 1.69 bits per heavy atom. The first kappa shape index (κ1) is 22.9. The molecular formula is C23H32N2O3S. The second-order valence-electron chi connectivity index (χ2n) is 8.25. The number of aryl methyl sites for hydroxylation is 1. The van der Waals surface area contributed by atoms with E-state index in [0.717, 1.165) is 23.1 Å². The van der Waals surface area contributed by atoms with Crippen LogP contribution >= 0.6 is 0 Å². The molecule has 29 heavy (non-hydrogen) atoms. The van der Waals surface area contributed by atoms with Crippen molar-refractivity contribution in [2.75, 3.05) is 17.1 Å². The highest BCUT2D eigenvalue weighted by atomic mass is 32.2. The number of anilines is 1. The quantitative estimate of drug-likeness (QED) is 0.672. The Labute approximate surface area is 175 Å². The standard InChI is InChI=1S/C23H32N2O3S/c1-18-11-9-14-21(19(18)2)25(29(5,27)28)16-10-15-22(26)24-23(3,4)17-20-12-7-6-8-13-20/h6-9,11-14H,10,15-17H2,1-5H3,(H,24,26). The highest BCUT2D eigenvalue weighted by Crippen LogP contribution is 2.25. The summed E-state index contributed by atoms with van der Waals surface area (Å²) in [6, 6.07) is 15.7. The van der Waals surface area contributed by atoms with Gasteiger partial charge in [0.25, 0.3) is 0 Å². The van der Waals surface area contributed by atoms with Gasteiger partial charge in [0.05, 0.1) is 11.9 Å². The summed E-state index contributed by atoms with van der Waals surface area (Å²) < 4.78 is 26.1.